The van der Waals surface area contributed by atoms with Gasteiger partial charge in [0.1, 0.15) is 0 Å². The van der Waals surface area contributed by atoms with E-state index in [2.05, 4.69) is 216 Å². The Balaban J connectivity index is 1.22. The number of benzene rings is 7. The van der Waals surface area contributed by atoms with Gasteiger partial charge in [-0.3, -0.25) is 0 Å². The summed E-state index contributed by atoms with van der Waals surface area (Å²) >= 11 is 0. The Labute approximate surface area is 407 Å². The Morgan fingerprint density at radius 1 is 0.471 bits per heavy atom. The van der Waals surface area contributed by atoms with Crippen LogP contribution in [-0.2, 0) is 32.5 Å². The van der Waals surface area contributed by atoms with Gasteiger partial charge in [0.15, 0.2) is 7.28 Å². The van der Waals surface area contributed by atoms with Gasteiger partial charge in [0.25, 0.3) is 0 Å². The standard InChI is InChI=1S/C65H70BN2/c1-38-18-20-40(21-19-38)43-33-45(44-34-48-50(64(10,11)30-28-62(48,6)7)36-53(44)67-41-23-24-46-47(32-41)61(4,5)27-26-60(46,2)3)58-59-57(43)56-42-17-15-14-16-39(42)22-25-54(56)68(59)55-37-51-49(35-52(55)66-58)63(8,9)29-31-65(51,12)13/h14-25,32-37,67H,26-31H2,1-13H3. The molecule has 3 heteroatoms. The average Bonchev–Trinajstić information content (AvgIpc) is 3.65. The molecule has 343 valence electrons. The van der Waals surface area contributed by atoms with Gasteiger partial charge in [-0.1, -0.05) is 161 Å². The molecule has 0 spiro atoms. The molecule has 1 aliphatic heterocycles. The summed E-state index contributed by atoms with van der Waals surface area (Å²) in [6, 6.07) is 43.4. The van der Waals surface area contributed by atoms with Gasteiger partial charge in [0.2, 0.25) is 0 Å². The second-order valence-electron chi connectivity index (χ2n) is 25.7. The highest BCUT2D eigenvalue weighted by atomic mass is 15.0. The summed E-state index contributed by atoms with van der Waals surface area (Å²) in [6.07, 6.45) is 7.09. The normalized spacial score (nSPS) is 19.7. The molecule has 0 unspecified atom stereocenters. The molecule has 12 rings (SSSR count). The van der Waals surface area contributed by atoms with E-state index >= 15 is 0 Å². The summed E-state index contributed by atoms with van der Waals surface area (Å²) < 4.78 is 2.69. The first kappa shape index (κ1) is 43.7. The third kappa shape index (κ3) is 6.42. The van der Waals surface area contributed by atoms with Gasteiger partial charge >= 0.3 is 0 Å². The van der Waals surface area contributed by atoms with Gasteiger partial charge < -0.3 is 9.88 Å². The van der Waals surface area contributed by atoms with E-state index in [4.69, 9.17) is 0 Å². The van der Waals surface area contributed by atoms with Crippen molar-refractivity contribution in [3.8, 4) is 27.9 Å². The Morgan fingerprint density at radius 3 is 1.68 bits per heavy atom. The topological polar surface area (TPSA) is 17.0 Å². The molecule has 1 radical (unpaired) electrons. The number of hydrogen-bond donors (Lipinski definition) is 1. The molecule has 2 heterocycles. The lowest BCUT2D eigenvalue weighted by atomic mass is 9.55. The molecule has 7 aromatic carbocycles. The molecule has 0 atom stereocenters. The minimum Gasteiger partial charge on any atom is -0.355 e. The summed E-state index contributed by atoms with van der Waals surface area (Å²) in [6.45, 7) is 31.7. The number of anilines is 2. The highest BCUT2D eigenvalue weighted by Gasteiger charge is 2.42. The monoisotopic (exact) mass is 890 g/mol. The van der Waals surface area contributed by atoms with Crippen LogP contribution in [0.3, 0.4) is 0 Å². The van der Waals surface area contributed by atoms with Gasteiger partial charge in [-0.05, 0) is 187 Å². The SMILES string of the molecule is Cc1ccc(-c2cc(-c3cc4c(cc3Nc3ccc5c(c3)C(C)(C)CCC5(C)C)C(C)(C)CCC4(C)C)c3c4c2c2c5ccccc5ccc2n4-c2cc4c(cc2[B]3)C(C)(C)CCC4(C)C)cc1. The van der Waals surface area contributed by atoms with Gasteiger partial charge in [-0.2, -0.15) is 0 Å². The molecule has 0 amide bonds. The largest absolute Gasteiger partial charge is 0.355 e. The number of rotatable bonds is 4. The maximum atomic E-state index is 4.21. The summed E-state index contributed by atoms with van der Waals surface area (Å²) in [5.74, 6) is 0. The Morgan fingerprint density at radius 2 is 1.03 bits per heavy atom. The molecule has 1 aromatic heterocycles. The van der Waals surface area contributed by atoms with Crippen molar-refractivity contribution < 1.29 is 0 Å². The number of nitrogens with zero attached hydrogens (tertiary/aromatic N) is 1. The Kier molecular flexibility index (Phi) is 9.18. The summed E-state index contributed by atoms with van der Waals surface area (Å²) in [4.78, 5) is 0. The molecule has 0 fully saturated rings. The van der Waals surface area contributed by atoms with E-state index < -0.39 is 0 Å². The van der Waals surface area contributed by atoms with Crippen LogP contribution in [0, 0.1) is 6.92 Å². The zero-order valence-electron chi connectivity index (χ0n) is 43.2. The van der Waals surface area contributed by atoms with Crippen LogP contribution < -0.4 is 16.2 Å². The number of hydrogen-bond acceptors (Lipinski definition) is 1. The predicted octanol–water partition coefficient (Wildman–Crippen LogP) is 16.3. The number of nitrogens with one attached hydrogen (secondary N) is 1. The number of aryl methyl sites for hydroxylation is 1. The molecule has 68 heavy (non-hydrogen) atoms. The van der Waals surface area contributed by atoms with E-state index in [9.17, 15) is 0 Å². The third-order valence-electron chi connectivity index (χ3n) is 18.3. The summed E-state index contributed by atoms with van der Waals surface area (Å²) in [7, 11) is 2.59. The molecule has 1 N–H and O–H groups in total. The highest BCUT2D eigenvalue weighted by molar-refractivity contribution is 6.73. The van der Waals surface area contributed by atoms with Crippen molar-refractivity contribution in [3.05, 3.63) is 148 Å². The van der Waals surface area contributed by atoms with Gasteiger partial charge in [0, 0.05) is 38.9 Å². The fraction of sp³-hybridized carbons (Fsp3) is 0.385. The van der Waals surface area contributed by atoms with Crippen LogP contribution in [0.25, 0.3) is 60.5 Å². The van der Waals surface area contributed by atoms with Crippen LogP contribution in [0.5, 0.6) is 0 Å². The highest BCUT2D eigenvalue weighted by Crippen LogP contribution is 2.53. The van der Waals surface area contributed by atoms with Crippen molar-refractivity contribution in [2.24, 2.45) is 0 Å². The lowest BCUT2D eigenvalue weighted by Crippen LogP contribution is -2.41. The number of fused-ring (bicyclic) bond motifs is 10. The molecular formula is C65H70BN2. The molecule has 0 saturated heterocycles. The number of aromatic nitrogens is 1. The summed E-state index contributed by atoms with van der Waals surface area (Å²) in [5.41, 5.74) is 24.7. The lowest BCUT2D eigenvalue weighted by molar-refractivity contribution is 0.332. The molecule has 3 aliphatic carbocycles. The first-order valence-electron chi connectivity index (χ1n) is 25.8. The first-order chi connectivity index (χ1) is 32.0. The predicted molar refractivity (Wildman–Crippen MR) is 295 cm³/mol. The Hall–Kier alpha value is -5.54. The molecule has 8 aromatic rings. The third-order valence-corrected chi connectivity index (χ3v) is 18.3. The maximum Gasteiger partial charge on any atom is 0.197 e. The molecule has 0 bridgehead atoms. The quantitative estimate of drug-likeness (QED) is 0.174. The van der Waals surface area contributed by atoms with Crippen molar-refractivity contribution in [1.29, 1.82) is 0 Å². The van der Waals surface area contributed by atoms with E-state index in [0.29, 0.717) is 0 Å². The molecular weight excluding hydrogens is 820 g/mol. The van der Waals surface area contributed by atoms with Crippen LogP contribution >= 0.6 is 0 Å². The fourth-order valence-electron chi connectivity index (χ4n) is 13.4. The smallest absolute Gasteiger partial charge is 0.197 e. The van der Waals surface area contributed by atoms with Crippen LogP contribution in [0.1, 0.15) is 161 Å². The second-order valence-corrected chi connectivity index (χ2v) is 25.7. The van der Waals surface area contributed by atoms with Gasteiger partial charge in [-0.15, -0.1) is 0 Å². The van der Waals surface area contributed by atoms with Crippen molar-refractivity contribution >= 4 is 62.2 Å². The van der Waals surface area contributed by atoms with E-state index in [1.807, 2.05) is 0 Å². The molecule has 0 saturated carbocycles. The van der Waals surface area contributed by atoms with Crippen LogP contribution in [0.4, 0.5) is 11.4 Å². The second kappa shape index (κ2) is 14.3. The van der Waals surface area contributed by atoms with Crippen LogP contribution in [-0.4, -0.2) is 11.8 Å². The van der Waals surface area contributed by atoms with Crippen molar-refractivity contribution in [1.82, 2.24) is 4.57 Å². The van der Waals surface area contributed by atoms with E-state index in [0.717, 1.165) is 6.42 Å². The van der Waals surface area contributed by atoms with Crippen molar-refractivity contribution in [2.45, 2.75) is 161 Å². The molecule has 4 aliphatic rings. The zero-order chi connectivity index (χ0) is 47.7. The van der Waals surface area contributed by atoms with E-state index in [1.165, 1.54) is 154 Å². The fourth-order valence-corrected chi connectivity index (χ4v) is 13.4. The first-order valence-corrected chi connectivity index (χ1v) is 25.8. The maximum absolute atomic E-state index is 4.21. The van der Waals surface area contributed by atoms with Crippen LogP contribution in [0.2, 0.25) is 0 Å². The van der Waals surface area contributed by atoms with Gasteiger partial charge in [-0.25, -0.2) is 0 Å². The van der Waals surface area contributed by atoms with E-state index in [-0.39, 0.29) is 32.5 Å². The summed E-state index contributed by atoms with van der Waals surface area (Å²) in [5, 5.41) is 9.47. The Bertz CT molecular complexity index is 3460. The van der Waals surface area contributed by atoms with Crippen LogP contribution in [0.15, 0.2) is 109 Å². The van der Waals surface area contributed by atoms with Gasteiger partial charge in [0.05, 0.1) is 5.52 Å². The van der Waals surface area contributed by atoms with E-state index in [1.54, 1.807) is 0 Å². The van der Waals surface area contributed by atoms with Crippen molar-refractivity contribution in [3.63, 3.8) is 0 Å². The lowest BCUT2D eigenvalue weighted by Gasteiger charge is -2.43. The minimum atomic E-state index is 0.0300. The minimum absolute atomic E-state index is 0.0300. The van der Waals surface area contributed by atoms with Crippen molar-refractivity contribution in [2.75, 3.05) is 5.32 Å². The average molecular weight is 890 g/mol. The molecule has 2 nitrogen and oxygen atoms in total. The zero-order valence-corrected chi connectivity index (χ0v) is 43.2.